The van der Waals surface area contributed by atoms with Crippen LogP contribution in [0.2, 0.25) is 0 Å². The van der Waals surface area contributed by atoms with Gasteiger partial charge in [-0.3, -0.25) is 4.79 Å². The van der Waals surface area contributed by atoms with Gasteiger partial charge < -0.3 is 20.1 Å². The Bertz CT molecular complexity index is 915. The van der Waals surface area contributed by atoms with Crippen molar-refractivity contribution in [3.63, 3.8) is 0 Å². The predicted octanol–water partition coefficient (Wildman–Crippen LogP) is 3.81. The number of amides is 1. The Morgan fingerprint density at radius 2 is 1.68 bits per heavy atom. The van der Waals surface area contributed by atoms with Crippen LogP contribution < -0.4 is 20.1 Å². The first-order chi connectivity index (χ1) is 13.7. The number of nitrogens with one attached hydrogen (secondary N) is 2. The number of carbonyl (C=O) groups excluding carboxylic acids is 1. The zero-order valence-corrected chi connectivity index (χ0v) is 15.8. The smallest absolute Gasteiger partial charge is 0.225 e. The number of methoxy groups -OCH3 is 2. The summed E-state index contributed by atoms with van der Waals surface area (Å²) in [5.74, 6) is 2.16. The average Bonchev–Trinajstić information content (AvgIpc) is 2.74. The van der Waals surface area contributed by atoms with Crippen molar-refractivity contribution in [3.8, 4) is 11.5 Å². The van der Waals surface area contributed by atoms with Gasteiger partial charge in [0.15, 0.2) is 11.6 Å². The Labute approximate surface area is 163 Å². The summed E-state index contributed by atoms with van der Waals surface area (Å²) in [7, 11) is 3.18. The third-order valence-corrected chi connectivity index (χ3v) is 4.09. The van der Waals surface area contributed by atoms with E-state index in [0.29, 0.717) is 36.0 Å². The first-order valence-corrected chi connectivity index (χ1v) is 8.84. The molecule has 1 heterocycles. The van der Waals surface area contributed by atoms with Crippen LogP contribution in [0.4, 0.5) is 17.3 Å². The highest BCUT2D eigenvalue weighted by atomic mass is 16.5. The van der Waals surface area contributed by atoms with E-state index in [9.17, 15) is 4.79 Å². The van der Waals surface area contributed by atoms with Gasteiger partial charge in [-0.2, -0.15) is 0 Å². The third-order valence-electron chi connectivity index (χ3n) is 4.09. The molecule has 1 amide bonds. The van der Waals surface area contributed by atoms with Gasteiger partial charge in [-0.15, -0.1) is 10.2 Å². The molecule has 2 aromatic carbocycles. The van der Waals surface area contributed by atoms with Crippen LogP contribution >= 0.6 is 0 Å². The summed E-state index contributed by atoms with van der Waals surface area (Å²) < 4.78 is 10.5. The number of aromatic nitrogens is 2. The number of hydrogen-bond acceptors (Lipinski definition) is 6. The van der Waals surface area contributed by atoms with Crippen molar-refractivity contribution in [3.05, 3.63) is 66.2 Å². The Morgan fingerprint density at radius 3 is 2.36 bits per heavy atom. The van der Waals surface area contributed by atoms with E-state index in [4.69, 9.17) is 9.47 Å². The van der Waals surface area contributed by atoms with Gasteiger partial charge in [0, 0.05) is 12.5 Å². The normalized spacial score (nSPS) is 10.2. The first kappa shape index (κ1) is 19.2. The Hall–Kier alpha value is -3.61. The van der Waals surface area contributed by atoms with Crippen LogP contribution in [0.1, 0.15) is 12.0 Å². The number of hydrogen-bond donors (Lipinski definition) is 2. The zero-order chi connectivity index (χ0) is 19.8. The van der Waals surface area contributed by atoms with Crippen molar-refractivity contribution in [2.75, 3.05) is 24.9 Å². The number of carbonyl (C=O) groups is 1. The number of anilines is 3. The minimum atomic E-state index is -0.101. The molecule has 7 nitrogen and oxygen atoms in total. The molecule has 0 spiro atoms. The zero-order valence-electron chi connectivity index (χ0n) is 15.8. The van der Waals surface area contributed by atoms with Gasteiger partial charge in [0.1, 0.15) is 11.5 Å². The molecule has 0 radical (unpaired) electrons. The topological polar surface area (TPSA) is 85.4 Å². The summed E-state index contributed by atoms with van der Waals surface area (Å²) in [6.45, 7) is 0. The molecular formula is C21H22N4O3. The monoisotopic (exact) mass is 378 g/mol. The van der Waals surface area contributed by atoms with E-state index < -0.39 is 0 Å². The van der Waals surface area contributed by atoms with Crippen LogP contribution in [0.15, 0.2) is 60.7 Å². The lowest BCUT2D eigenvalue weighted by atomic mass is 10.1. The molecule has 28 heavy (non-hydrogen) atoms. The summed E-state index contributed by atoms with van der Waals surface area (Å²) in [5.41, 5.74) is 1.86. The number of benzene rings is 2. The van der Waals surface area contributed by atoms with Crippen molar-refractivity contribution >= 4 is 23.2 Å². The lowest BCUT2D eigenvalue weighted by Crippen LogP contribution is -2.14. The molecule has 0 saturated heterocycles. The molecule has 3 aromatic rings. The lowest BCUT2D eigenvalue weighted by Gasteiger charge is -2.12. The van der Waals surface area contributed by atoms with Gasteiger partial charge >= 0.3 is 0 Å². The molecule has 7 heteroatoms. The summed E-state index contributed by atoms with van der Waals surface area (Å²) in [4.78, 5) is 12.1. The van der Waals surface area contributed by atoms with Crippen molar-refractivity contribution in [1.29, 1.82) is 0 Å². The van der Waals surface area contributed by atoms with E-state index in [1.54, 1.807) is 32.4 Å². The molecule has 0 bridgehead atoms. The van der Waals surface area contributed by atoms with Crippen LogP contribution in [0, 0.1) is 0 Å². The van der Waals surface area contributed by atoms with Gasteiger partial charge in [0.05, 0.1) is 19.9 Å². The second-order valence-electron chi connectivity index (χ2n) is 6.03. The maximum atomic E-state index is 12.1. The Morgan fingerprint density at radius 1 is 0.929 bits per heavy atom. The molecule has 2 N–H and O–H groups in total. The van der Waals surface area contributed by atoms with E-state index in [0.717, 1.165) is 11.3 Å². The van der Waals surface area contributed by atoms with Crippen molar-refractivity contribution in [1.82, 2.24) is 10.2 Å². The van der Waals surface area contributed by atoms with E-state index >= 15 is 0 Å². The molecular weight excluding hydrogens is 356 g/mol. The number of rotatable bonds is 8. The van der Waals surface area contributed by atoms with E-state index in [2.05, 4.69) is 20.8 Å². The highest BCUT2D eigenvalue weighted by molar-refractivity contribution is 5.89. The Balaban J connectivity index is 1.57. The fourth-order valence-electron chi connectivity index (χ4n) is 2.61. The molecule has 144 valence electrons. The highest BCUT2D eigenvalue weighted by Gasteiger charge is 2.08. The van der Waals surface area contributed by atoms with Crippen LogP contribution in [0.5, 0.6) is 11.5 Å². The van der Waals surface area contributed by atoms with Crippen molar-refractivity contribution in [2.24, 2.45) is 0 Å². The van der Waals surface area contributed by atoms with Crippen LogP contribution in [0.3, 0.4) is 0 Å². The standard InChI is InChI=1S/C21H22N4O3/c1-27-16-9-10-17(18(14-16)28-2)22-19-11-12-20(25-24-19)23-21(26)13-8-15-6-4-3-5-7-15/h3-7,9-12,14H,8,13H2,1-2H3,(H,22,24)(H,23,25,26). The first-order valence-electron chi connectivity index (χ1n) is 8.84. The van der Waals surface area contributed by atoms with Gasteiger partial charge in [-0.1, -0.05) is 30.3 Å². The van der Waals surface area contributed by atoms with Gasteiger partial charge in [0.2, 0.25) is 5.91 Å². The van der Waals surface area contributed by atoms with Gasteiger partial charge in [-0.05, 0) is 36.2 Å². The molecule has 0 saturated carbocycles. The lowest BCUT2D eigenvalue weighted by molar-refractivity contribution is -0.116. The van der Waals surface area contributed by atoms with Gasteiger partial charge in [0.25, 0.3) is 0 Å². The largest absolute Gasteiger partial charge is 0.497 e. The molecule has 3 rings (SSSR count). The number of nitrogens with zero attached hydrogens (tertiary/aromatic N) is 2. The quantitative estimate of drug-likeness (QED) is 0.620. The summed E-state index contributed by atoms with van der Waals surface area (Å²) in [6, 6.07) is 18.7. The van der Waals surface area contributed by atoms with E-state index in [-0.39, 0.29) is 5.91 Å². The second kappa shape index (κ2) is 9.36. The number of ether oxygens (including phenoxy) is 2. The highest BCUT2D eigenvalue weighted by Crippen LogP contribution is 2.30. The summed E-state index contributed by atoms with van der Waals surface area (Å²) in [6.07, 6.45) is 1.06. The molecule has 0 fully saturated rings. The fourth-order valence-corrected chi connectivity index (χ4v) is 2.61. The molecule has 1 aromatic heterocycles. The maximum Gasteiger partial charge on any atom is 0.225 e. The average molecular weight is 378 g/mol. The minimum Gasteiger partial charge on any atom is -0.497 e. The van der Waals surface area contributed by atoms with Crippen LogP contribution in [-0.2, 0) is 11.2 Å². The SMILES string of the molecule is COc1ccc(Nc2ccc(NC(=O)CCc3ccccc3)nn2)c(OC)c1. The van der Waals surface area contributed by atoms with Crippen LogP contribution in [0.25, 0.3) is 0 Å². The summed E-state index contributed by atoms with van der Waals surface area (Å²) >= 11 is 0. The number of aryl methyl sites for hydroxylation is 1. The molecule has 0 aliphatic heterocycles. The van der Waals surface area contributed by atoms with Gasteiger partial charge in [-0.25, -0.2) is 0 Å². The van der Waals surface area contributed by atoms with Crippen molar-refractivity contribution in [2.45, 2.75) is 12.8 Å². The fraction of sp³-hybridized carbons (Fsp3) is 0.190. The predicted molar refractivity (Wildman–Crippen MR) is 108 cm³/mol. The maximum absolute atomic E-state index is 12.1. The molecule has 0 aliphatic carbocycles. The third kappa shape index (κ3) is 5.20. The minimum absolute atomic E-state index is 0.101. The van der Waals surface area contributed by atoms with Crippen molar-refractivity contribution < 1.29 is 14.3 Å². The van der Waals surface area contributed by atoms with E-state index in [1.165, 1.54) is 0 Å². The molecule has 0 aliphatic rings. The van der Waals surface area contributed by atoms with Crippen LogP contribution in [-0.4, -0.2) is 30.3 Å². The molecule has 0 atom stereocenters. The summed E-state index contributed by atoms with van der Waals surface area (Å²) in [5, 5.41) is 14.0. The second-order valence-corrected chi connectivity index (χ2v) is 6.03. The molecule has 0 unspecified atom stereocenters. The van der Waals surface area contributed by atoms with E-state index in [1.807, 2.05) is 42.5 Å². The Kier molecular flexibility index (Phi) is 6.41.